The summed E-state index contributed by atoms with van der Waals surface area (Å²) in [6.07, 6.45) is 18.3. The Balaban J connectivity index is 1.66. The van der Waals surface area contributed by atoms with E-state index >= 15 is 0 Å². The number of nitrogens with one attached hydrogen (secondary N) is 1. The van der Waals surface area contributed by atoms with Crippen molar-refractivity contribution in [2.45, 2.75) is 130 Å². The number of unbranched alkanes of at least 4 members (excludes halogenated alkanes) is 11. The Morgan fingerprint density at radius 2 is 1.51 bits per heavy atom. The molecule has 9 heteroatoms. The highest BCUT2D eigenvalue weighted by Gasteiger charge is 2.29. The highest BCUT2D eigenvalue weighted by Crippen LogP contribution is 2.29. The van der Waals surface area contributed by atoms with Crippen molar-refractivity contribution in [1.29, 1.82) is 0 Å². The number of fused-ring (bicyclic) bond motifs is 1. The zero-order valence-corrected chi connectivity index (χ0v) is 26.8. The van der Waals surface area contributed by atoms with Crippen LogP contribution in [-0.2, 0) is 16.6 Å². The highest BCUT2D eigenvalue weighted by atomic mass is 16.5. The van der Waals surface area contributed by atoms with Gasteiger partial charge in [0.1, 0.15) is 11.5 Å². The number of aromatic amines is 1. The fraction of sp³-hybridized carbons (Fsp3) is 0.844. The number of aromatic nitrogens is 2. The molecule has 236 valence electrons. The number of H-pyrrole nitrogens is 1. The maximum atomic E-state index is 12.6. The minimum atomic E-state index is -0.362. The topological polar surface area (TPSA) is 90.9 Å². The number of amides is 1. The molecule has 0 saturated heterocycles. The van der Waals surface area contributed by atoms with Crippen LogP contribution in [0.25, 0.3) is 0 Å². The second-order valence-corrected chi connectivity index (χ2v) is 11.8. The fourth-order valence-corrected chi connectivity index (χ4v) is 5.81. The highest BCUT2D eigenvalue weighted by molar-refractivity contribution is 5.75. The van der Waals surface area contributed by atoms with Crippen molar-refractivity contribution in [1.82, 2.24) is 14.5 Å². The molecular weight excluding hydrogens is 518 g/mol. The maximum absolute atomic E-state index is 12.6. The van der Waals surface area contributed by atoms with Crippen LogP contribution in [0.3, 0.4) is 0 Å². The van der Waals surface area contributed by atoms with Crippen molar-refractivity contribution >= 4 is 17.4 Å². The summed E-state index contributed by atoms with van der Waals surface area (Å²) in [6.45, 7) is 10.2. The number of rotatable bonds is 23. The molecule has 1 unspecified atom stereocenters. The van der Waals surface area contributed by atoms with Gasteiger partial charge in [0, 0.05) is 46.8 Å². The molecular formula is C32H59N5O4. The van der Waals surface area contributed by atoms with E-state index in [-0.39, 0.29) is 23.3 Å². The van der Waals surface area contributed by atoms with E-state index in [2.05, 4.69) is 28.6 Å². The summed E-state index contributed by atoms with van der Waals surface area (Å²) in [5, 5.41) is 0. The molecule has 0 spiro atoms. The first kappa shape index (κ1) is 34.9. The van der Waals surface area contributed by atoms with Crippen LogP contribution < -0.4 is 21.0 Å². The van der Waals surface area contributed by atoms with Gasteiger partial charge in [0.05, 0.1) is 12.8 Å². The molecule has 1 N–H and O–H groups in total. The molecule has 1 amide bonds. The molecule has 1 aliphatic heterocycles. The molecule has 9 nitrogen and oxygen atoms in total. The summed E-state index contributed by atoms with van der Waals surface area (Å²) in [7, 11) is 3.61. The van der Waals surface area contributed by atoms with E-state index < -0.39 is 0 Å². The molecule has 0 saturated carbocycles. The summed E-state index contributed by atoms with van der Waals surface area (Å²) < 4.78 is 7.74. The van der Waals surface area contributed by atoms with E-state index in [1.807, 2.05) is 18.9 Å². The Morgan fingerprint density at radius 3 is 2.17 bits per heavy atom. The number of carbonyl (C=O) groups excluding carboxylic acids is 1. The Kier molecular flexibility index (Phi) is 16.8. The summed E-state index contributed by atoms with van der Waals surface area (Å²) in [6, 6.07) is 0. The third-order valence-corrected chi connectivity index (χ3v) is 8.21. The number of anilines is 2. The van der Waals surface area contributed by atoms with Crippen molar-refractivity contribution in [3.05, 3.63) is 20.8 Å². The Morgan fingerprint density at radius 1 is 0.878 bits per heavy atom. The van der Waals surface area contributed by atoms with Gasteiger partial charge in [-0.1, -0.05) is 91.4 Å². The van der Waals surface area contributed by atoms with Crippen molar-refractivity contribution in [2.24, 2.45) is 7.05 Å². The normalized spacial score (nSPS) is 13.6. The van der Waals surface area contributed by atoms with Crippen LogP contribution in [0.5, 0.6) is 0 Å². The lowest BCUT2D eigenvalue weighted by molar-refractivity contribution is -0.133. The van der Waals surface area contributed by atoms with Gasteiger partial charge in [-0.05, 0) is 25.7 Å². The first-order chi connectivity index (χ1) is 19.8. The van der Waals surface area contributed by atoms with Crippen molar-refractivity contribution < 1.29 is 9.53 Å². The standard InChI is InChI=1S/C32H59N5O4/c1-6-9-10-11-16-19-22-36(28(38)8-3)25-27(41-24-7-2)21-18-15-13-12-14-17-20-23-37-26-34(4)29-30(39)33-32(40)35(5)31(29)37/h27H,6-26H2,1-5H3,(H,33,39,40). The maximum Gasteiger partial charge on any atom is 0.329 e. The second kappa shape index (κ2) is 19.8. The lowest BCUT2D eigenvalue weighted by atomic mass is 10.1. The minimum absolute atomic E-state index is 0.134. The number of hydrogen-bond acceptors (Lipinski definition) is 6. The second-order valence-electron chi connectivity index (χ2n) is 11.8. The number of nitrogens with zero attached hydrogens (tertiary/aromatic N) is 4. The van der Waals surface area contributed by atoms with Crippen molar-refractivity contribution in [3.8, 4) is 0 Å². The van der Waals surface area contributed by atoms with E-state index in [4.69, 9.17) is 4.74 Å². The fourth-order valence-electron chi connectivity index (χ4n) is 5.81. The van der Waals surface area contributed by atoms with Gasteiger partial charge in [0.2, 0.25) is 5.91 Å². The Hall–Kier alpha value is -2.29. The smallest absolute Gasteiger partial charge is 0.329 e. The van der Waals surface area contributed by atoms with E-state index in [0.29, 0.717) is 18.8 Å². The van der Waals surface area contributed by atoms with Crippen LogP contribution in [0, 0.1) is 0 Å². The van der Waals surface area contributed by atoms with Crippen molar-refractivity contribution in [3.63, 3.8) is 0 Å². The predicted octanol–water partition coefficient (Wildman–Crippen LogP) is 5.80. The minimum Gasteiger partial charge on any atom is -0.376 e. The quantitative estimate of drug-likeness (QED) is 0.165. The van der Waals surface area contributed by atoms with Gasteiger partial charge in [-0.2, -0.15) is 0 Å². The first-order valence-corrected chi connectivity index (χ1v) is 16.5. The number of ether oxygens (including phenoxy) is 1. The average Bonchev–Trinajstić information content (AvgIpc) is 3.30. The molecule has 1 atom stereocenters. The molecule has 0 aromatic carbocycles. The van der Waals surface area contributed by atoms with Gasteiger partial charge >= 0.3 is 5.69 Å². The molecule has 0 radical (unpaired) electrons. The van der Waals surface area contributed by atoms with Gasteiger partial charge in [-0.15, -0.1) is 0 Å². The largest absolute Gasteiger partial charge is 0.376 e. The zero-order chi connectivity index (χ0) is 30.0. The zero-order valence-electron chi connectivity index (χ0n) is 26.8. The van der Waals surface area contributed by atoms with Crippen LogP contribution in [0.1, 0.15) is 124 Å². The van der Waals surface area contributed by atoms with Crippen LogP contribution >= 0.6 is 0 Å². The predicted molar refractivity (Wildman–Crippen MR) is 170 cm³/mol. The van der Waals surface area contributed by atoms with Gasteiger partial charge in [-0.25, -0.2) is 4.79 Å². The molecule has 1 aliphatic rings. The van der Waals surface area contributed by atoms with E-state index in [1.165, 1.54) is 57.8 Å². The summed E-state index contributed by atoms with van der Waals surface area (Å²) in [5.41, 5.74) is -0.0883. The molecule has 0 fully saturated rings. The molecule has 0 aliphatic carbocycles. The van der Waals surface area contributed by atoms with Crippen LogP contribution in [-0.4, -0.2) is 66.4 Å². The van der Waals surface area contributed by atoms with Crippen LogP contribution in [0.15, 0.2) is 9.59 Å². The van der Waals surface area contributed by atoms with Crippen LogP contribution in [0.4, 0.5) is 11.5 Å². The molecule has 1 aromatic heterocycles. The molecule has 2 rings (SSSR count). The van der Waals surface area contributed by atoms with Gasteiger partial charge in [0.25, 0.3) is 5.56 Å². The van der Waals surface area contributed by atoms with Crippen molar-refractivity contribution in [2.75, 3.05) is 49.8 Å². The third kappa shape index (κ3) is 11.8. The summed E-state index contributed by atoms with van der Waals surface area (Å²) in [4.78, 5) is 45.5. The molecule has 41 heavy (non-hydrogen) atoms. The third-order valence-electron chi connectivity index (χ3n) is 8.21. The van der Waals surface area contributed by atoms with Gasteiger partial charge < -0.3 is 19.4 Å². The van der Waals surface area contributed by atoms with Crippen LogP contribution in [0.2, 0.25) is 0 Å². The number of carbonyl (C=O) groups is 1. The average molecular weight is 578 g/mol. The molecule has 2 heterocycles. The van der Waals surface area contributed by atoms with Gasteiger partial charge in [-0.3, -0.25) is 19.1 Å². The van der Waals surface area contributed by atoms with E-state index in [0.717, 1.165) is 70.6 Å². The Bertz CT molecular complexity index is 991. The first-order valence-electron chi connectivity index (χ1n) is 16.5. The molecule has 1 aromatic rings. The summed E-state index contributed by atoms with van der Waals surface area (Å²) in [5.74, 6) is 0.981. The lowest BCUT2D eigenvalue weighted by Crippen LogP contribution is -2.39. The monoisotopic (exact) mass is 577 g/mol. The van der Waals surface area contributed by atoms with Gasteiger partial charge in [0.15, 0.2) is 0 Å². The lowest BCUT2D eigenvalue weighted by Gasteiger charge is -2.28. The Labute approximate surface area is 248 Å². The van der Waals surface area contributed by atoms with E-state index in [1.54, 1.807) is 11.6 Å². The summed E-state index contributed by atoms with van der Waals surface area (Å²) >= 11 is 0. The SMILES string of the molecule is CCCCCCCCN(CC(CCCCCCCCCN1CN(C)c2c1n(C)c(=O)[nH]c2=O)OCCC)C(=O)CC. The van der Waals surface area contributed by atoms with E-state index in [9.17, 15) is 14.4 Å². The number of hydrogen-bond donors (Lipinski definition) is 1. The molecule has 0 bridgehead atoms.